The van der Waals surface area contributed by atoms with Crippen LogP contribution in [0.1, 0.15) is 51.5 Å². The number of benzene rings is 2. The summed E-state index contributed by atoms with van der Waals surface area (Å²) in [4.78, 5) is 38.8. The SMILES string of the molecule is CC(=O)Nc1ccc(S(=O)(=O)N(CC2CCCO2)C2CC(=O)N(c3ccc(C(C)C)cc3)C2=O)cc1. The Morgan fingerprint density at radius 3 is 2.33 bits per heavy atom. The van der Waals surface area contributed by atoms with Gasteiger partial charge in [-0.1, -0.05) is 26.0 Å². The Balaban J connectivity index is 1.65. The first-order valence-corrected chi connectivity index (χ1v) is 13.5. The number of carbonyl (C=O) groups is 3. The van der Waals surface area contributed by atoms with Crippen LogP contribution in [0.5, 0.6) is 0 Å². The van der Waals surface area contributed by atoms with Gasteiger partial charge >= 0.3 is 0 Å². The number of nitrogens with zero attached hydrogens (tertiary/aromatic N) is 2. The van der Waals surface area contributed by atoms with Crippen molar-refractivity contribution in [1.29, 1.82) is 0 Å². The molecule has 9 nitrogen and oxygen atoms in total. The molecule has 0 radical (unpaired) electrons. The van der Waals surface area contributed by atoms with Crippen molar-refractivity contribution in [1.82, 2.24) is 4.31 Å². The third-order valence-corrected chi connectivity index (χ3v) is 8.37. The first kappa shape index (κ1) is 26.0. The molecule has 0 saturated carbocycles. The smallest absolute Gasteiger partial charge is 0.252 e. The number of amides is 3. The molecule has 0 aromatic heterocycles. The fourth-order valence-electron chi connectivity index (χ4n) is 4.55. The van der Waals surface area contributed by atoms with Crippen molar-refractivity contribution < 1.29 is 27.5 Å². The van der Waals surface area contributed by atoms with Crippen LogP contribution in [0.2, 0.25) is 0 Å². The molecule has 2 heterocycles. The predicted molar refractivity (Wildman–Crippen MR) is 135 cm³/mol. The molecule has 2 aliphatic rings. The average molecular weight is 514 g/mol. The highest BCUT2D eigenvalue weighted by atomic mass is 32.2. The Morgan fingerprint density at radius 2 is 1.78 bits per heavy atom. The van der Waals surface area contributed by atoms with Crippen molar-refractivity contribution in [3.05, 3.63) is 54.1 Å². The summed E-state index contributed by atoms with van der Waals surface area (Å²) in [6, 6.07) is 11.7. The molecule has 2 fully saturated rings. The molecule has 2 saturated heterocycles. The minimum absolute atomic E-state index is 0.0282. The van der Waals surface area contributed by atoms with Gasteiger partial charge in [0.25, 0.3) is 5.91 Å². The van der Waals surface area contributed by atoms with Crippen molar-refractivity contribution in [2.45, 2.75) is 63.0 Å². The van der Waals surface area contributed by atoms with Crippen LogP contribution in [0.4, 0.5) is 11.4 Å². The summed E-state index contributed by atoms with van der Waals surface area (Å²) in [6.07, 6.45) is 0.861. The molecule has 0 aliphatic carbocycles. The molecule has 0 spiro atoms. The number of carbonyl (C=O) groups excluding carboxylic acids is 3. The maximum atomic E-state index is 13.8. The van der Waals surface area contributed by atoms with Crippen LogP contribution in [-0.4, -0.2) is 55.7 Å². The van der Waals surface area contributed by atoms with E-state index < -0.39 is 27.9 Å². The van der Waals surface area contributed by atoms with Crippen molar-refractivity contribution >= 4 is 39.1 Å². The van der Waals surface area contributed by atoms with E-state index in [0.29, 0.717) is 30.3 Å². The molecule has 3 amide bonds. The highest BCUT2D eigenvalue weighted by molar-refractivity contribution is 7.89. The monoisotopic (exact) mass is 513 g/mol. The van der Waals surface area contributed by atoms with E-state index in [9.17, 15) is 22.8 Å². The van der Waals surface area contributed by atoms with Crippen molar-refractivity contribution in [2.24, 2.45) is 0 Å². The van der Waals surface area contributed by atoms with E-state index in [1.165, 1.54) is 31.2 Å². The Bertz CT molecular complexity index is 1240. The van der Waals surface area contributed by atoms with Crippen LogP contribution in [0, 0.1) is 0 Å². The van der Waals surface area contributed by atoms with Gasteiger partial charge in [-0.05, 0) is 60.7 Å². The van der Waals surface area contributed by atoms with Gasteiger partial charge in [0.05, 0.1) is 23.1 Å². The zero-order valence-corrected chi connectivity index (χ0v) is 21.5. The number of anilines is 2. The largest absolute Gasteiger partial charge is 0.377 e. The van der Waals surface area contributed by atoms with E-state index in [2.05, 4.69) is 5.32 Å². The van der Waals surface area contributed by atoms with Crippen LogP contribution in [0.15, 0.2) is 53.4 Å². The number of hydrogen-bond donors (Lipinski definition) is 1. The summed E-state index contributed by atoms with van der Waals surface area (Å²) in [5.41, 5.74) is 1.95. The van der Waals surface area contributed by atoms with E-state index >= 15 is 0 Å². The topological polar surface area (TPSA) is 113 Å². The lowest BCUT2D eigenvalue weighted by atomic mass is 10.0. The van der Waals surface area contributed by atoms with Crippen LogP contribution < -0.4 is 10.2 Å². The van der Waals surface area contributed by atoms with E-state index in [1.807, 2.05) is 26.0 Å². The second kappa shape index (κ2) is 10.5. The minimum Gasteiger partial charge on any atom is -0.377 e. The molecule has 2 aliphatic heterocycles. The lowest BCUT2D eigenvalue weighted by Crippen LogP contribution is -2.48. The zero-order chi connectivity index (χ0) is 26.0. The van der Waals surface area contributed by atoms with Gasteiger partial charge in [-0.2, -0.15) is 4.31 Å². The van der Waals surface area contributed by atoms with Crippen LogP contribution in [0.25, 0.3) is 0 Å². The molecule has 2 atom stereocenters. The summed E-state index contributed by atoms with van der Waals surface area (Å²) in [5, 5.41) is 2.60. The molecule has 1 N–H and O–H groups in total. The molecule has 10 heteroatoms. The number of imide groups is 1. The molecule has 2 aromatic carbocycles. The maximum Gasteiger partial charge on any atom is 0.252 e. The zero-order valence-electron chi connectivity index (χ0n) is 20.6. The Morgan fingerprint density at radius 1 is 1.11 bits per heavy atom. The first-order chi connectivity index (χ1) is 17.1. The summed E-state index contributed by atoms with van der Waals surface area (Å²) in [5.74, 6) is -1.01. The number of rotatable bonds is 8. The fourth-order valence-corrected chi connectivity index (χ4v) is 6.16. The predicted octanol–water partition coefficient (Wildman–Crippen LogP) is 3.27. The van der Waals surface area contributed by atoms with Gasteiger partial charge in [-0.25, -0.2) is 13.3 Å². The van der Waals surface area contributed by atoms with E-state index in [1.54, 1.807) is 12.1 Å². The van der Waals surface area contributed by atoms with Gasteiger partial charge < -0.3 is 10.1 Å². The Labute approximate surface area is 211 Å². The number of nitrogens with one attached hydrogen (secondary N) is 1. The highest BCUT2D eigenvalue weighted by Crippen LogP contribution is 2.31. The van der Waals surface area contributed by atoms with Crippen molar-refractivity contribution in [3.8, 4) is 0 Å². The summed E-state index contributed by atoms with van der Waals surface area (Å²) in [7, 11) is -4.16. The fraction of sp³-hybridized carbons (Fsp3) is 0.423. The quantitative estimate of drug-likeness (QED) is 0.542. The highest BCUT2D eigenvalue weighted by Gasteiger charge is 2.47. The van der Waals surface area contributed by atoms with Gasteiger partial charge in [-0.3, -0.25) is 14.4 Å². The summed E-state index contributed by atoms with van der Waals surface area (Å²) in [6.45, 7) is 5.95. The normalized spacial score (nSPS) is 20.5. The summed E-state index contributed by atoms with van der Waals surface area (Å²) < 4.78 is 34.3. The average Bonchev–Trinajstić information content (AvgIpc) is 3.44. The molecular weight excluding hydrogens is 482 g/mol. The molecule has 4 rings (SSSR count). The molecule has 0 bridgehead atoms. The van der Waals surface area contributed by atoms with Gasteiger partial charge in [0.15, 0.2) is 0 Å². The molecular formula is C26H31N3O6S. The van der Waals surface area contributed by atoms with Crippen LogP contribution in [0.3, 0.4) is 0 Å². The van der Waals surface area contributed by atoms with Gasteiger partial charge in [-0.15, -0.1) is 0 Å². The van der Waals surface area contributed by atoms with Crippen LogP contribution in [-0.2, 0) is 29.1 Å². The first-order valence-electron chi connectivity index (χ1n) is 12.1. The molecule has 2 aromatic rings. The standard InChI is InChI=1S/C26H31N3O6S/c1-17(2)19-6-10-21(11-7-19)29-25(31)15-24(26(29)32)28(16-22-5-4-14-35-22)36(33,34)23-12-8-20(9-13-23)27-18(3)30/h6-13,17,22,24H,4-5,14-16H2,1-3H3,(H,27,30). The van der Waals surface area contributed by atoms with Crippen molar-refractivity contribution in [2.75, 3.05) is 23.4 Å². The van der Waals surface area contributed by atoms with Crippen LogP contribution >= 0.6 is 0 Å². The third kappa shape index (κ3) is 5.35. The van der Waals surface area contributed by atoms with E-state index in [-0.39, 0.29) is 29.9 Å². The molecule has 36 heavy (non-hydrogen) atoms. The maximum absolute atomic E-state index is 13.8. The minimum atomic E-state index is -4.16. The second-order valence-electron chi connectivity index (χ2n) is 9.45. The summed E-state index contributed by atoms with van der Waals surface area (Å²) >= 11 is 0. The van der Waals surface area contributed by atoms with E-state index in [0.717, 1.165) is 21.2 Å². The third-order valence-electron chi connectivity index (χ3n) is 6.48. The number of ether oxygens (including phenoxy) is 1. The number of hydrogen-bond acceptors (Lipinski definition) is 6. The van der Waals surface area contributed by atoms with Gasteiger partial charge in [0.2, 0.25) is 21.8 Å². The van der Waals surface area contributed by atoms with Gasteiger partial charge in [0.1, 0.15) is 6.04 Å². The number of sulfonamides is 1. The lowest BCUT2D eigenvalue weighted by molar-refractivity contribution is -0.122. The molecule has 2 unspecified atom stereocenters. The second-order valence-corrected chi connectivity index (χ2v) is 11.3. The lowest BCUT2D eigenvalue weighted by Gasteiger charge is -2.29. The van der Waals surface area contributed by atoms with E-state index in [4.69, 9.17) is 4.74 Å². The van der Waals surface area contributed by atoms with Gasteiger partial charge in [0, 0.05) is 25.8 Å². The van der Waals surface area contributed by atoms with Crippen molar-refractivity contribution in [3.63, 3.8) is 0 Å². The Kier molecular flexibility index (Phi) is 7.58. The Hall–Kier alpha value is -3.08. The molecule has 192 valence electrons.